The molecule has 2 atom stereocenters. The SMILES string of the molecule is CC(=O)OC(N=NC(OC(C)=O)c1ccccc1)c1ccccc1. The second-order valence-corrected chi connectivity index (χ2v) is 4.98. The van der Waals surface area contributed by atoms with E-state index in [0.29, 0.717) is 11.1 Å². The predicted molar refractivity (Wildman–Crippen MR) is 86.8 cm³/mol. The maximum absolute atomic E-state index is 11.3. The van der Waals surface area contributed by atoms with E-state index < -0.39 is 24.4 Å². The Hall–Kier alpha value is -3.02. The summed E-state index contributed by atoms with van der Waals surface area (Å²) in [4.78, 5) is 22.6. The fraction of sp³-hybridized carbons (Fsp3) is 0.222. The van der Waals surface area contributed by atoms with E-state index in [2.05, 4.69) is 10.2 Å². The van der Waals surface area contributed by atoms with Crippen molar-refractivity contribution in [3.63, 3.8) is 0 Å². The van der Waals surface area contributed by atoms with Crippen LogP contribution in [0, 0.1) is 0 Å². The molecule has 0 aliphatic carbocycles. The lowest BCUT2D eigenvalue weighted by Crippen LogP contribution is -2.09. The Morgan fingerprint density at radius 3 is 1.33 bits per heavy atom. The topological polar surface area (TPSA) is 77.3 Å². The molecule has 2 rings (SSSR count). The number of hydrogen-bond donors (Lipinski definition) is 0. The van der Waals surface area contributed by atoms with Crippen LogP contribution >= 0.6 is 0 Å². The first-order valence-corrected chi connectivity index (χ1v) is 7.40. The highest BCUT2D eigenvalue weighted by Crippen LogP contribution is 2.24. The van der Waals surface area contributed by atoms with Gasteiger partial charge in [0, 0.05) is 25.0 Å². The molecular formula is C18H18N2O4. The van der Waals surface area contributed by atoms with E-state index in [1.807, 2.05) is 36.4 Å². The molecule has 0 radical (unpaired) electrons. The van der Waals surface area contributed by atoms with E-state index >= 15 is 0 Å². The molecule has 0 aliphatic rings. The van der Waals surface area contributed by atoms with Crippen LogP contribution in [0.2, 0.25) is 0 Å². The molecule has 2 aromatic rings. The van der Waals surface area contributed by atoms with Gasteiger partial charge in [-0.2, -0.15) is 0 Å². The van der Waals surface area contributed by atoms with Crippen LogP contribution in [0.3, 0.4) is 0 Å². The van der Waals surface area contributed by atoms with Crippen molar-refractivity contribution in [2.45, 2.75) is 26.3 Å². The Bertz CT molecular complexity index is 640. The number of esters is 2. The molecule has 0 heterocycles. The number of ether oxygens (including phenoxy) is 2. The average Bonchev–Trinajstić information content (AvgIpc) is 2.58. The minimum absolute atomic E-state index is 0.480. The summed E-state index contributed by atoms with van der Waals surface area (Å²) in [6.07, 6.45) is -1.80. The van der Waals surface area contributed by atoms with E-state index in [1.54, 1.807) is 24.3 Å². The van der Waals surface area contributed by atoms with Gasteiger partial charge in [-0.25, -0.2) is 0 Å². The van der Waals surface area contributed by atoms with Crippen LogP contribution in [0.25, 0.3) is 0 Å². The summed E-state index contributed by atoms with van der Waals surface area (Å²) in [5, 5.41) is 8.14. The smallest absolute Gasteiger partial charge is 0.304 e. The maximum Gasteiger partial charge on any atom is 0.304 e. The first kappa shape index (κ1) is 17.3. The summed E-state index contributed by atoms with van der Waals surface area (Å²) in [6.45, 7) is 2.60. The zero-order valence-corrected chi connectivity index (χ0v) is 13.5. The van der Waals surface area contributed by atoms with Gasteiger partial charge in [-0.15, -0.1) is 10.2 Å². The zero-order chi connectivity index (χ0) is 17.4. The Morgan fingerprint density at radius 1 is 0.708 bits per heavy atom. The average molecular weight is 326 g/mol. The minimum Gasteiger partial charge on any atom is -0.434 e. The summed E-state index contributed by atoms with van der Waals surface area (Å²) in [6, 6.07) is 18.0. The Balaban J connectivity index is 2.26. The first-order valence-electron chi connectivity index (χ1n) is 7.40. The highest BCUT2D eigenvalue weighted by atomic mass is 16.6. The van der Waals surface area contributed by atoms with Crippen LogP contribution in [0.5, 0.6) is 0 Å². The van der Waals surface area contributed by atoms with E-state index in [0.717, 1.165) is 0 Å². The highest BCUT2D eigenvalue weighted by molar-refractivity contribution is 5.66. The van der Waals surface area contributed by atoms with Crippen LogP contribution in [-0.4, -0.2) is 11.9 Å². The molecule has 0 saturated heterocycles. The first-order chi connectivity index (χ1) is 11.6. The van der Waals surface area contributed by atoms with Crippen LogP contribution < -0.4 is 0 Å². The molecule has 0 bridgehead atoms. The van der Waals surface area contributed by atoms with Gasteiger partial charge in [-0.1, -0.05) is 60.7 Å². The lowest BCUT2D eigenvalue weighted by molar-refractivity contribution is -0.149. The molecule has 6 heteroatoms. The van der Waals surface area contributed by atoms with Gasteiger partial charge < -0.3 is 9.47 Å². The molecule has 0 N–H and O–H groups in total. The summed E-state index contributed by atoms with van der Waals surface area (Å²) in [5.74, 6) is -0.960. The number of hydrogen-bond acceptors (Lipinski definition) is 6. The lowest BCUT2D eigenvalue weighted by Gasteiger charge is -2.15. The van der Waals surface area contributed by atoms with Crippen molar-refractivity contribution in [1.29, 1.82) is 0 Å². The van der Waals surface area contributed by atoms with Crippen molar-refractivity contribution in [3.05, 3.63) is 71.8 Å². The number of azo groups is 1. The van der Waals surface area contributed by atoms with Crippen LogP contribution in [-0.2, 0) is 19.1 Å². The van der Waals surface area contributed by atoms with Crippen molar-refractivity contribution < 1.29 is 19.1 Å². The fourth-order valence-electron chi connectivity index (χ4n) is 1.99. The molecule has 0 aromatic heterocycles. The molecule has 0 fully saturated rings. The monoisotopic (exact) mass is 326 g/mol. The van der Waals surface area contributed by atoms with Gasteiger partial charge in [0.25, 0.3) is 0 Å². The fourth-order valence-corrected chi connectivity index (χ4v) is 1.99. The standard InChI is InChI=1S/C18H18N2O4/c1-13(21)23-17(15-9-5-3-6-10-15)19-20-18(24-14(2)22)16-11-7-4-8-12-16/h3-12,17-18H,1-2H3. The van der Waals surface area contributed by atoms with Crippen LogP contribution in [0.1, 0.15) is 37.4 Å². The summed E-state index contributed by atoms with van der Waals surface area (Å²) < 4.78 is 10.4. The third kappa shape index (κ3) is 5.31. The van der Waals surface area contributed by atoms with Crippen molar-refractivity contribution in [1.82, 2.24) is 0 Å². The summed E-state index contributed by atoms with van der Waals surface area (Å²) in [5.41, 5.74) is 1.34. The van der Waals surface area contributed by atoms with Crippen molar-refractivity contribution >= 4 is 11.9 Å². The van der Waals surface area contributed by atoms with Crippen LogP contribution in [0.4, 0.5) is 0 Å². The van der Waals surface area contributed by atoms with E-state index in [9.17, 15) is 9.59 Å². The summed E-state index contributed by atoms with van der Waals surface area (Å²) >= 11 is 0. The highest BCUT2D eigenvalue weighted by Gasteiger charge is 2.17. The molecule has 0 spiro atoms. The number of carbonyl (C=O) groups is 2. The van der Waals surface area contributed by atoms with E-state index in [-0.39, 0.29) is 0 Å². The van der Waals surface area contributed by atoms with Gasteiger partial charge >= 0.3 is 11.9 Å². The van der Waals surface area contributed by atoms with Gasteiger partial charge in [-0.05, 0) is 0 Å². The molecule has 24 heavy (non-hydrogen) atoms. The molecule has 0 aliphatic heterocycles. The Labute approximate surface area is 140 Å². The molecule has 2 aromatic carbocycles. The number of carbonyl (C=O) groups excluding carboxylic acids is 2. The van der Waals surface area contributed by atoms with Crippen molar-refractivity contribution in [2.24, 2.45) is 10.2 Å². The molecule has 0 amide bonds. The van der Waals surface area contributed by atoms with Gasteiger partial charge in [0.2, 0.25) is 12.5 Å². The third-order valence-electron chi connectivity index (χ3n) is 3.00. The largest absolute Gasteiger partial charge is 0.434 e. The molecule has 2 unspecified atom stereocenters. The molecule has 124 valence electrons. The Morgan fingerprint density at radius 2 is 1.04 bits per heavy atom. The number of rotatable bonds is 6. The van der Waals surface area contributed by atoms with E-state index in [1.165, 1.54) is 13.8 Å². The molecule has 6 nitrogen and oxygen atoms in total. The number of benzene rings is 2. The maximum atomic E-state index is 11.3. The van der Waals surface area contributed by atoms with Crippen molar-refractivity contribution in [2.75, 3.05) is 0 Å². The van der Waals surface area contributed by atoms with Gasteiger partial charge in [0.1, 0.15) is 0 Å². The molecular weight excluding hydrogens is 308 g/mol. The lowest BCUT2D eigenvalue weighted by atomic mass is 10.2. The van der Waals surface area contributed by atoms with Gasteiger partial charge in [0.15, 0.2) is 0 Å². The van der Waals surface area contributed by atoms with Gasteiger partial charge in [-0.3, -0.25) is 9.59 Å². The van der Waals surface area contributed by atoms with Gasteiger partial charge in [0.05, 0.1) is 0 Å². The second-order valence-electron chi connectivity index (χ2n) is 4.98. The normalized spacial score (nSPS) is 13.2. The third-order valence-corrected chi connectivity index (χ3v) is 3.00. The minimum atomic E-state index is -0.898. The second kappa shape index (κ2) is 8.57. The van der Waals surface area contributed by atoms with Crippen molar-refractivity contribution in [3.8, 4) is 0 Å². The van der Waals surface area contributed by atoms with E-state index in [4.69, 9.17) is 9.47 Å². The predicted octanol–water partition coefficient (Wildman–Crippen LogP) is 3.96. The van der Waals surface area contributed by atoms with Crippen LogP contribution in [0.15, 0.2) is 70.9 Å². The summed E-state index contributed by atoms with van der Waals surface area (Å²) in [7, 11) is 0. The Kier molecular flexibility index (Phi) is 6.19. The zero-order valence-electron chi connectivity index (χ0n) is 13.5. The quantitative estimate of drug-likeness (QED) is 0.594. The molecule has 0 saturated carbocycles. The number of nitrogens with zero attached hydrogens (tertiary/aromatic N) is 2.